The number of hydrogen-bond acceptors (Lipinski definition) is 3. The van der Waals surface area contributed by atoms with Crippen molar-refractivity contribution in [3.8, 4) is 0 Å². The summed E-state index contributed by atoms with van der Waals surface area (Å²) in [5.41, 5.74) is 0.538. The maximum Gasteiger partial charge on any atom is 0.272 e. The second-order valence-electron chi connectivity index (χ2n) is 6.08. The molecule has 2 atom stereocenters. The number of rotatable bonds is 5. The average molecular weight is 289 g/mol. The number of aromatic nitrogens is 1. The van der Waals surface area contributed by atoms with Crippen molar-refractivity contribution in [2.45, 2.75) is 52.0 Å². The maximum absolute atomic E-state index is 12.7. The minimum Gasteiger partial charge on any atom is -0.370 e. The Morgan fingerprint density at radius 2 is 2.14 bits per heavy atom. The lowest BCUT2D eigenvalue weighted by Crippen LogP contribution is -2.42. The van der Waals surface area contributed by atoms with Crippen LogP contribution in [-0.4, -0.2) is 35.4 Å². The van der Waals surface area contributed by atoms with Crippen LogP contribution < -0.4 is 5.32 Å². The van der Waals surface area contributed by atoms with E-state index < -0.39 is 0 Å². The van der Waals surface area contributed by atoms with Gasteiger partial charge in [-0.3, -0.25) is 4.79 Å². The summed E-state index contributed by atoms with van der Waals surface area (Å²) < 4.78 is 0. The highest BCUT2D eigenvalue weighted by Gasteiger charge is 2.28. The first-order chi connectivity index (χ1) is 10.1. The molecule has 2 rings (SSSR count). The molecule has 0 aromatic carbocycles. The van der Waals surface area contributed by atoms with Gasteiger partial charge in [0.1, 0.15) is 11.5 Å². The van der Waals surface area contributed by atoms with Crippen LogP contribution in [0.5, 0.6) is 0 Å². The van der Waals surface area contributed by atoms with Gasteiger partial charge in [0.05, 0.1) is 0 Å². The summed E-state index contributed by atoms with van der Waals surface area (Å²) in [5.74, 6) is 1.40. The SMILES string of the molecule is CCCNc1cccc(C(=O)N(C)C2CCCCC2C)n1. The van der Waals surface area contributed by atoms with Crippen LogP contribution in [0.15, 0.2) is 18.2 Å². The van der Waals surface area contributed by atoms with E-state index in [1.165, 1.54) is 19.3 Å². The van der Waals surface area contributed by atoms with Crippen LogP contribution in [0.1, 0.15) is 56.4 Å². The highest BCUT2D eigenvalue weighted by molar-refractivity contribution is 5.92. The smallest absolute Gasteiger partial charge is 0.272 e. The number of nitrogens with one attached hydrogen (secondary N) is 1. The molecule has 2 unspecified atom stereocenters. The van der Waals surface area contributed by atoms with Gasteiger partial charge in [0.2, 0.25) is 0 Å². The largest absolute Gasteiger partial charge is 0.370 e. The third-order valence-corrected chi connectivity index (χ3v) is 4.41. The minimum absolute atomic E-state index is 0.0360. The fraction of sp³-hybridized carbons (Fsp3) is 0.647. The summed E-state index contributed by atoms with van der Waals surface area (Å²) in [4.78, 5) is 19.0. The Bertz CT molecular complexity index is 475. The average Bonchev–Trinajstić information content (AvgIpc) is 2.52. The Morgan fingerprint density at radius 3 is 2.86 bits per heavy atom. The number of amides is 1. The monoisotopic (exact) mass is 289 g/mol. The number of hydrogen-bond donors (Lipinski definition) is 1. The van der Waals surface area contributed by atoms with Gasteiger partial charge in [-0.2, -0.15) is 0 Å². The molecule has 0 radical (unpaired) electrons. The lowest BCUT2D eigenvalue weighted by molar-refractivity contribution is 0.0623. The second-order valence-corrected chi connectivity index (χ2v) is 6.08. The lowest BCUT2D eigenvalue weighted by atomic mass is 9.85. The summed E-state index contributed by atoms with van der Waals surface area (Å²) in [6.07, 6.45) is 5.87. The zero-order chi connectivity index (χ0) is 15.2. The van der Waals surface area contributed by atoms with E-state index in [0.29, 0.717) is 17.7 Å². The van der Waals surface area contributed by atoms with E-state index in [-0.39, 0.29) is 5.91 Å². The van der Waals surface area contributed by atoms with Gasteiger partial charge in [-0.1, -0.05) is 32.8 Å². The van der Waals surface area contributed by atoms with Crippen molar-refractivity contribution in [2.75, 3.05) is 18.9 Å². The summed E-state index contributed by atoms with van der Waals surface area (Å²) in [7, 11) is 1.92. The van der Waals surface area contributed by atoms with Gasteiger partial charge in [-0.15, -0.1) is 0 Å². The van der Waals surface area contributed by atoms with Crippen molar-refractivity contribution in [3.05, 3.63) is 23.9 Å². The van der Waals surface area contributed by atoms with Crippen LogP contribution in [-0.2, 0) is 0 Å². The molecule has 4 nitrogen and oxygen atoms in total. The predicted octanol–water partition coefficient (Wildman–Crippen LogP) is 3.55. The molecule has 1 N–H and O–H groups in total. The van der Waals surface area contributed by atoms with Gasteiger partial charge >= 0.3 is 0 Å². The van der Waals surface area contributed by atoms with E-state index in [4.69, 9.17) is 0 Å². The molecule has 1 aromatic rings. The van der Waals surface area contributed by atoms with Crippen LogP contribution in [0.3, 0.4) is 0 Å². The molecule has 1 aliphatic carbocycles. The zero-order valence-electron chi connectivity index (χ0n) is 13.4. The molecular weight excluding hydrogens is 262 g/mol. The molecule has 116 valence electrons. The summed E-state index contributed by atoms with van der Waals surface area (Å²) >= 11 is 0. The van der Waals surface area contributed by atoms with Gasteiger partial charge in [-0.25, -0.2) is 4.98 Å². The first kappa shape index (κ1) is 15.8. The highest BCUT2D eigenvalue weighted by atomic mass is 16.2. The summed E-state index contributed by atoms with van der Waals surface area (Å²) in [5, 5.41) is 3.23. The standard InChI is InChI=1S/C17H27N3O/c1-4-12-18-16-11-7-9-14(19-16)17(21)20(3)15-10-6-5-8-13(15)2/h7,9,11,13,15H,4-6,8,10,12H2,1-3H3,(H,18,19). The normalized spacial score (nSPS) is 21.9. The third-order valence-electron chi connectivity index (χ3n) is 4.41. The number of anilines is 1. The highest BCUT2D eigenvalue weighted by Crippen LogP contribution is 2.28. The van der Waals surface area contributed by atoms with Crippen molar-refractivity contribution in [1.29, 1.82) is 0 Å². The molecule has 0 spiro atoms. The summed E-state index contributed by atoms with van der Waals surface area (Å²) in [6.45, 7) is 5.24. The van der Waals surface area contributed by atoms with Crippen LogP contribution >= 0.6 is 0 Å². The quantitative estimate of drug-likeness (QED) is 0.901. The van der Waals surface area contributed by atoms with E-state index in [1.54, 1.807) is 0 Å². The number of carbonyl (C=O) groups is 1. The van der Waals surface area contributed by atoms with Crippen molar-refractivity contribution < 1.29 is 4.79 Å². The van der Waals surface area contributed by atoms with Crippen LogP contribution in [0.25, 0.3) is 0 Å². The molecule has 1 saturated carbocycles. The molecule has 4 heteroatoms. The van der Waals surface area contributed by atoms with Gasteiger partial charge in [0.15, 0.2) is 0 Å². The van der Waals surface area contributed by atoms with Crippen molar-refractivity contribution >= 4 is 11.7 Å². The molecular formula is C17H27N3O. The van der Waals surface area contributed by atoms with Crippen molar-refractivity contribution in [3.63, 3.8) is 0 Å². The van der Waals surface area contributed by atoms with Crippen LogP contribution in [0.4, 0.5) is 5.82 Å². The maximum atomic E-state index is 12.7. The first-order valence-electron chi connectivity index (χ1n) is 8.11. The Morgan fingerprint density at radius 1 is 1.38 bits per heavy atom. The molecule has 0 saturated heterocycles. The molecule has 1 aromatic heterocycles. The van der Waals surface area contributed by atoms with Gasteiger partial charge in [0, 0.05) is 19.6 Å². The van der Waals surface area contributed by atoms with Gasteiger partial charge in [-0.05, 0) is 37.3 Å². The van der Waals surface area contributed by atoms with Crippen LogP contribution in [0.2, 0.25) is 0 Å². The lowest BCUT2D eigenvalue weighted by Gasteiger charge is -2.36. The second kappa shape index (κ2) is 7.43. The topological polar surface area (TPSA) is 45.2 Å². The van der Waals surface area contributed by atoms with Crippen molar-refractivity contribution in [2.24, 2.45) is 5.92 Å². The van der Waals surface area contributed by atoms with Gasteiger partial charge < -0.3 is 10.2 Å². The fourth-order valence-electron chi connectivity index (χ4n) is 3.11. The van der Waals surface area contributed by atoms with Gasteiger partial charge in [0.25, 0.3) is 5.91 Å². The molecule has 0 aliphatic heterocycles. The molecule has 1 heterocycles. The zero-order valence-corrected chi connectivity index (χ0v) is 13.4. The fourth-order valence-corrected chi connectivity index (χ4v) is 3.11. The van der Waals surface area contributed by atoms with E-state index >= 15 is 0 Å². The molecule has 1 fully saturated rings. The Kier molecular flexibility index (Phi) is 5.59. The minimum atomic E-state index is 0.0360. The molecule has 21 heavy (non-hydrogen) atoms. The number of carbonyl (C=O) groups excluding carboxylic acids is 1. The first-order valence-corrected chi connectivity index (χ1v) is 8.11. The van der Waals surface area contributed by atoms with E-state index in [9.17, 15) is 4.79 Å². The predicted molar refractivity (Wildman–Crippen MR) is 86.5 cm³/mol. The molecule has 1 aliphatic rings. The van der Waals surface area contributed by atoms with Crippen molar-refractivity contribution in [1.82, 2.24) is 9.88 Å². The number of nitrogens with zero attached hydrogens (tertiary/aromatic N) is 2. The number of pyridine rings is 1. The summed E-state index contributed by atoms with van der Waals surface area (Å²) in [6, 6.07) is 5.97. The molecule has 0 bridgehead atoms. The van der Waals surface area contributed by atoms with E-state index in [2.05, 4.69) is 24.1 Å². The van der Waals surface area contributed by atoms with Crippen LogP contribution in [0, 0.1) is 5.92 Å². The third kappa shape index (κ3) is 3.96. The molecule has 1 amide bonds. The van der Waals surface area contributed by atoms with E-state index in [0.717, 1.165) is 25.2 Å². The van der Waals surface area contributed by atoms with E-state index in [1.807, 2.05) is 30.1 Å². The Hall–Kier alpha value is -1.58. The Labute approximate surface area is 127 Å². The Balaban J connectivity index is 2.07.